The molecule has 0 fully saturated rings. The standard InChI is InChI=1S/C40H48BN2/c1-24(2)32-13-12-14-33(25(3)4)38(32)41-35-20-31-19-29(22-40(8,9)10)15-16-30(31)21-36(35)43-37(41)23-42(11)39(43)34-18-26(5)17-27(6)28(34)7/h12-21,23-25H,22H2,1-11H3/q+1. The van der Waals surface area contributed by atoms with E-state index in [0.717, 1.165) is 6.42 Å². The molecule has 0 unspecified atom stereocenters. The molecule has 2 nitrogen and oxygen atoms in total. The van der Waals surface area contributed by atoms with Gasteiger partial charge in [-0.1, -0.05) is 102 Å². The van der Waals surface area contributed by atoms with Gasteiger partial charge < -0.3 is 0 Å². The maximum Gasteiger partial charge on any atom is 0.303 e. The fourth-order valence-electron chi connectivity index (χ4n) is 7.54. The van der Waals surface area contributed by atoms with Gasteiger partial charge in [-0.25, -0.2) is 9.13 Å². The normalized spacial score (nSPS) is 13.0. The smallest absolute Gasteiger partial charge is 0.233 e. The lowest BCUT2D eigenvalue weighted by molar-refractivity contribution is -0.659. The number of aryl methyl sites for hydroxylation is 3. The molecule has 0 bridgehead atoms. The van der Waals surface area contributed by atoms with E-state index < -0.39 is 0 Å². The fraction of sp³-hybridized carbons (Fsp3) is 0.375. The quantitative estimate of drug-likeness (QED) is 0.149. The van der Waals surface area contributed by atoms with Gasteiger partial charge in [-0.15, -0.1) is 0 Å². The molecular weight excluding hydrogens is 519 g/mol. The Morgan fingerprint density at radius 3 is 2.12 bits per heavy atom. The molecule has 220 valence electrons. The highest BCUT2D eigenvalue weighted by atomic mass is 15.2. The molecule has 5 aromatic rings. The minimum atomic E-state index is 0.174. The Hall–Kier alpha value is -3.59. The third kappa shape index (κ3) is 5.05. The van der Waals surface area contributed by atoms with E-state index in [2.05, 4.69) is 152 Å². The van der Waals surface area contributed by atoms with E-state index in [4.69, 9.17) is 0 Å². The number of fused-ring (bicyclic) bond motifs is 4. The molecule has 0 radical (unpaired) electrons. The second kappa shape index (κ2) is 10.5. The van der Waals surface area contributed by atoms with Gasteiger partial charge in [0.25, 0.3) is 5.82 Å². The van der Waals surface area contributed by atoms with Crippen LogP contribution in [0, 0.1) is 26.2 Å². The summed E-state index contributed by atoms with van der Waals surface area (Å²) in [5.41, 5.74) is 15.5. The zero-order valence-electron chi connectivity index (χ0n) is 28.2. The van der Waals surface area contributed by atoms with Crippen LogP contribution >= 0.6 is 0 Å². The molecular formula is C40H48BN2+. The van der Waals surface area contributed by atoms with E-state index >= 15 is 0 Å². The predicted molar refractivity (Wildman–Crippen MR) is 187 cm³/mol. The third-order valence-corrected chi connectivity index (χ3v) is 9.52. The molecule has 0 atom stereocenters. The lowest BCUT2D eigenvalue weighted by Crippen LogP contribution is -2.53. The highest BCUT2D eigenvalue weighted by molar-refractivity contribution is 6.97. The van der Waals surface area contributed by atoms with Crippen molar-refractivity contribution >= 4 is 34.0 Å². The minimum Gasteiger partial charge on any atom is -0.233 e. The van der Waals surface area contributed by atoms with Crippen molar-refractivity contribution in [2.45, 2.75) is 87.5 Å². The molecule has 1 aliphatic rings. The van der Waals surface area contributed by atoms with E-state index in [9.17, 15) is 0 Å². The highest BCUT2D eigenvalue weighted by Gasteiger charge is 2.45. The van der Waals surface area contributed by atoms with Crippen LogP contribution in [0.15, 0.2) is 66.9 Å². The number of hydrogen-bond donors (Lipinski definition) is 0. The summed E-state index contributed by atoms with van der Waals surface area (Å²) in [5, 5.41) is 2.65. The summed E-state index contributed by atoms with van der Waals surface area (Å²) in [6.45, 7) is 23.3. The first kappa shape index (κ1) is 29.5. The van der Waals surface area contributed by atoms with Crippen molar-refractivity contribution in [3.05, 3.63) is 100 Å². The van der Waals surface area contributed by atoms with Crippen LogP contribution in [0.25, 0.3) is 27.8 Å². The summed E-state index contributed by atoms with van der Waals surface area (Å²) in [5.74, 6) is 2.14. The summed E-state index contributed by atoms with van der Waals surface area (Å²) < 4.78 is 4.96. The monoisotopic (exact) mass is 567 g/mol. The molecule has 0 N–H and O–H groups in total. The zero-order valence-corrected chi connectivity index (χ0v) is 28.2. The van der Waals surface area contributed by atoms with Crippen LogP contribution in [0.2, 0.25) is 0 Å². The average Bonchev–Trinajstić information content (AvgIpc) is 3.39. The van der Waals surface area contributed by atoms with Crippen LogP contribution in [0.1, 0.15) is 93.7 Å². The van der Waals surface area contributed by atoms with Gasteiger partial charge in [0.15, 0.2) is 0 Å². The van der Waals surface area contributed by atoms with Crippen LogP contribution in [0.3, 0.4) is 0 Å². The second-order valence-corrected chi connectivity index (χ2v) is 15.0. The highest BCUT2D eigenvalue weighted by Crippen LogP contribution is 2.32. The first-order valence-corrected chi connectivity index (χ1v) is 16.1. The molecule has 43 heavy (non-hydrogen) atoms. The van der Waals surface area contributed by atoms with Crippen LogP contribution in [-0.2, 0) is 13.5 Å². The summed E-state index contributed by atoms with van der Waals surface area (Å²) in [7, 11) is 2.23. The molecule has 0 amide bonds. The van der Waals surface area contributed by atoms with Crippen molar-refractivity contribution in [2.24, 2.45) is 12.5 Å². The molecule has 0 saturated carbocycles. The molecule has 3 heteroatoms. The number of rotatable bonds is 5. The van der Waals surface area contributed by atoms with Crippen LogP contribution in [-0.4, -0.2) is 11.3 Å². The maximum absolute atomic E-state index is 2.59. The molecule has 2 heterocycles. The summed E-state index contributed by atoms with van der Waals surface area (Å²) in [6.07, 6.45) is 3.48. The van der Waals surface area contributed by atoms with Crippen molar-refractivity contribution in [3.63, 3.8) is 0 Å². The van der Waals surface area contributed by atoms with Crippen molar-refractivity contribution in [2.75, 3.05) is 0 Å². The first-order valence-electron chi connectivity index (χ1n) is 16.1. The maximum atomic E-state index is 2.59. The minimum absolute atomic E-state index is 0.174. The second-order valence-electron chi connectivity index (χ2n) is 15.0. The zero-order chi connectivity index (χ0) is 31.0. The molecule has 4 aromatic carbocycles. The number of aromatic nitrogens is 2. The van der Waals surface area contributed by atoms with Crippen molar-refractivity contribution in [1.29, 1.82) is 0 Å². The summed E-state index contributed by atoms with van der Waals surface area (Å²) >= 11 is 0. The average molecular weight is 568 g/mol. The van der Waals surface area contributed by atoms with Gasteiger partial charge in [0, 0.05) is 0 Å². The topological polar surface area (TPSA) is 8.81 Å². The molecule has 0 aliphatic carbocycles. The van der Waals surface area contributed by atoms with Gasteiger partial charge in [0.1, 0.15) is 17.5 Å². The van der Waals surface area contributed by atoms with Gasteiger partial charge in [-0.2, -0.15) is 0 Å². The molecule has 6 rings (SSSR count). The van der Waals surface area contributed by atoms with Crippen molar-refractivity contribution < 1.29 is 4.57 Å². The Labute approximate surface area is 259 Å². The van der Waals surface area contributed by atoms with Crippen LogP contribution < -0.4 is 21.1 Å². The summed E-state index contributed by atoms with van der Waals surface area (Å²) in [6, 6.07) is 23.8. The van der Waals surface area contributed by atoms with Gasteiger partial charge in [0.05, 0.1) is 12.6 Å². The number of hydrogen-bond acceptors (Lipinski definition) is 0. The predicted octanol–water partition coefficient (Wildman–Crippen LogP) is 7.71. The Bertz CT molecular complexity index is 1850. The van der Waals surface area contributed by atoms with Gasteiger partial charge in [-0.3, -0.25) is 0 Å². The molecule has 1 aromatic heterocycles. The largest absolute Gasteiger partial charge is 0.303 e. The van der Waals surface area contributed by atoms with Gasteiger partial charge in [0.2, 0.25) is 0 Å². The van der Waals surface area contributed by atoms with Crippen LogP contribution in [0.5, 0.6) is 0 Å². The molecule has 0 spiro atoms. The Morgan fingerprint density at radius 1 is 0.814 bits per heavy atom. The van der Waals surface area contributed by atoms with E-state index in [-0.39, 0.29) is 12.1 Å². The lowest BCUT2D eigenvalue weighted by atomic mass is 9.37. The SMILES string of the molecule is Cc1cc(C)c(C)c(-c2n3c(c[n+]2C)B(c2c(C(C)C)cccc2C(C)C)c2cc4cc(CC(C)(C)C)ccc4cc2-3)c1. The van der Waals surface area contributed by atoms with E-state index in [1.807, 2.05) is 0 Å². The number of imidazole rings is 1. The van der Waals surface area contributed by atoms with Gasteiger partial charge in [-0.05, 0) is 106 Å². The summed E-state index contributed by atoms with van der Waals surface area (Å²) in [4.78, 5) is 0. The Balaban J connectivity index is 1.71. The Kier molecular flexibility index (Phi) is 7.23. The first-order chi connectivity index (χ1) is 20.2. The molecule has 1 aliphatic heterocycles. The number of nitrogens with zero attached hydrogens (tertiary/aromatic N) is 2. The number of benzene rings is 4. The fourth-order valence-corrected chi connectivity index (χ4v) is 7.54. The van der Waals surface area contributed by atoms with Crippen molar-refractivity contribution in [1.82, 2.24) is 4.57 Å². The van der Waals surface area contributed by atoms with E-state index in [1.54, 1.807) is 0 Å². The lowest BCUT2D eigenvalue weighted by Gasteiger charge is -2.22. The van der Waals surface area contributed by atoms with Crippen LogP contribution in [0.4, 0.5) is 0 Å². The van der Waals surface area contributed by atoms with E-state index in [0.29, 0.717) is 11.8 Å². The molecule has 0 saturated heterocycles. The Morgan fingerprint density at radius 2 is 1.49 bits per heavy atom. The van der Waals surface area contributed by atoms with Crippen molar-refractivity contribution in [3.8, 4) is 17.1 Å². The third-order valence-electron chi connectivity index (χ3n) is 9.52. The van der Waals surface area contributed by atoms with E-state index in [1.165, 1.54) is 77.7 Å². The van der Waals surface area contributed by atoms with Gasteiger partial charge >= 0.3 is 6.71 Å².